The summed E-state index contributed by atoms with van der Waals surface area (Å²) in [6, 6.07) is 2.45. The number of nitrogens with one attached hydrogen (secondary N) is 1. The second-order valence-electron chi connectivity index (χ2n) is 3.65. The van der Waals surface area contributed by atoms with E-state index in [1.165, 1.54) is 12.1 Å². The standard InChI is InChI=1S/C13H11ClFNO5/c1-20-10(18)5-9(13(19)21-2)16-8-4-3-7(6-17)11(14)12(8)15/h3-6,16H,1-2H3/b9-5+. The van der Waals surface area contributed by atoms with Gasteiger partial charge >= 0.3 is 11.9 Å². The Morgan fingerprint density at radius 3 is 2.48 bits per heavy atom. The zero-order valence-electron chi connectivity index (χ0n) is 11.1. The average molecular weight is 316 g/mol. The summed E-state index contributed by atoms with van der Waals surface area (Å²) >= 11 is 5.65. The molecule has 0 aliphatic heterocycles. The van der Waals surface area contributed by atoms with Gasteiger partial charge < -0.3 is 14.8 Å². The van der Waals surface area contributed by atoms with Crippen LogP contribution >= 0.6 is 11.6 Å². The maximum Gasteiger partial charge on any atom is 0.354 e. The number of hydrogen-bond acceptors (Lipinski definition) is 6. The third kappa shape index (κ3) is 4.03. The van der Waals surface area contributed by atoms with Gasteiger partial charge in [0.05, 0.1) is 31.0 Å². The summed E-state index contributed by atoms with van der Waals surface area (Å²) in [6.07, 6.45) is 1.19. The van der Waals surface area contributed by atoms with Crippen molar-refractivity contribution in [2.45, 2.75) is 0 Å². The van der Waals surface area contributed by atoms with E-state index in [9.17, 15) is 18.8 Å². The Labute approximate surface area is 124 Å². The number of rotatable bonds is 5. The van der Waals surface area contributed by atoms with Gasteiger partial charge in [0.25, 0.3) is 0 Å². The highest BCUT2D eigenvalue weighted by Crippen LogP contribution is 2.26. The summed E-state index contributed by atoms with van der Waals surface area (Å²) in [7, 11) is 2.21. The normalized spacial score (nSPS) is 10.8. The Balaban J connectivity index is 3.19. The molecule has 1 rings (SSSR count). The summed E-state index contributed by atoms with van der Waals surface area (Å²) in [5, 5.41) is 1.96. The molecule has 0 amide bonds. The second kappa shape index (κ2) is 7.39. The fourth-order valence-electron chi connectivity index (χ4n) is 1.33. The Kier molecular flexibility index (Phi) is 5.86. The van der Waals surface area contributed by atoms with Crippen LogP contribution < -0.4 is 5.32 Å². The molecule has 0 fully saturated rings. The molecule has 0 unspecified atom stereocenters. The minimum absolute atomic E-state index is 0.0451. The number of aldehydes is 1. The zero-order chi connectivity index (χ0) is 16.0. The SMILES string of the molecule is COC(=O)/C=C(/Nc1ccc(C=O)c(Cl)c1F)C(=O)OC. The molecule has 112 valence electrons. The van der Waals surface area contributed by atoms with E-state index in [1.807, 2.05) is 0 Å². The van der Waals surface area contributed by atoms with E-state index in [1.54, 1.807) is 0 Å². The van der Waals surface area contributed by atoms with E-state index in [0.717, 1.165) is 20.3 Å². The molecule has 1 N–H and O–H groups in total. The Morgan fingerprint density at radius 2 is 1.95 bits per heavy atom. The molecule has 1 aromatic carbocycles. The number of carbonyl (C=O) groups is 3. The third-order valence-corrected chi connectivity index (χ3v) is 2.76. The molecule has 0 radical (unpaired) electrons. The molecule has 0 heterocycles. The van der Waals surface area contributed by atoms with Crippen molar-refractivity contribution >= 4 is 35.5 Å². The Hall–Kier alpha value is -2.41. The van der Waals surface area contributed by atoms with Gasteiger partial charge in [-0.05, 0) is 12.1 Å². The number of methoxy groups -OCH3 is 2. The van der Waals surface area contributed by atoms with Crippen molar-refractivity contribution in [1.82, 2.24) is 0 Å². The fourth-order valence-corrected chi connectivity index (χ4v) is 1.54. The van der Waals surface area contributed by atoms with Crippen molar-refractivity contribution in [2.75, 3.05) is 19.5 Å². The molecule has 0 aromatic heterocycles. The maximum atomic E-state index is 13.9. The Bertz CT molecular complexity index is 615. The van der Waals surface area contributed by atoms with Crippen LogP contribution in [0.15, 0.2) is 23.9 Å². The minimum Gasteiger partial charge on any atom is -0.466 e. The van der Waals surface area contributed by atoms with Crippen LogP contribution in [0.1, 0.15) is 10.4 Å². The van der Waals surface area contributed by atoms with Crippen molar-refractivity contribution in [3.05, 3.63) is 40.3 Å². The maximum absolute atomic E-state index is 13.9. The van der Waals surface area contributed by atoms with Crippen LogP contribution in [-0.2, 0) is 19.1 Å². The molecule has 0 atom stereocenters. The molecule has 8 heteroatoms. The number of benzene rings is 1. The van der Waals surface area contributed by atoms with Crippen LogP contribution in [0, 0.1) is 5.82 Å². The lowest BCUT2D eigenvalue weighted by molar-refractivity contribution is -0.138. The first-order valence-electron chi connectivity index (χ1n) is 5.52. The summed E-state index contributed by atoms with van der Waals surface area (Å²) < 4.78 is 22.8. The van der Waals surface area contributed by atoms with Gasteiger partial charge in [-0.1, -0.05) is 11.6 Å². The van der Waals surface area contributed by atoms with Gasteiger partial charge in [-0.3, -0.25) is 4.79 Å². The van der Waals surface area contributed by atoms with Crippen molar-refractivity contribution < 1.29 is 28.2 Å². The van der Waals surface area contributed by atoms with E-state index in [0.29, 0.717) is 6.29 Å². The molecule has 21 heavy (non-hydrogen) atoms. The highest BCUT2D eigenvalue weighted by Gasteiger charge is 2.17. The van der Waals surface area contributed by atoms with Gasteiger partial charge in [0.1, 0.15) is 5.70 Å². The molecule has 0 bridgehead atoms. The number of ether oxygens (including phenoxy) is 2. The number of carbonyl (C=O) groups excluding carboxylic acids is 3. The van der Waals surface area contributed by atoms with Gasteiger partial charge in [-0.15, -0.1) is 0 Å². The van der Waals surface area contributed by atoms with E-state index >= 15 is 0 Å². The fraction of sp³-hybridized carbons (Fsp3) is 0.154. The number of anilines is 1. The minimum atomic E-state index is -0.944. The van der Waals surface area contributed by atoms with Gasteiger partial charge in [0.15, 0.2) is 12.1 Å². The second-order valence-corrected chi connectivity index (χ2v) is 4.02. The predicted molar refractivity (Wildman–Crippen MR) is 72.5 cm³/mol. The monoisotopic (exact) mass is 315 g/mol. The van der Waals surface area contributed by atoms with E-state index < -0.39 is 22.8 Å². The lowest BCUT2D eigenvalue weighted by atomic mass is 10.2. The summed E-state index contributed by atoms with van der Waals surface area (Å²) in [6.45, 7) is 0. The van der Waals surface area contributed by atoms with Crippen molar-refractivity contribution in [1.29, 1.82) is 0 Å². The van der Waals surface area contributed by atoms with Crippen LogP contribution in [0.5, 0.6) is 0 Å². The van der Waals surface area contributed by atoms with Crippen molar-refractivity contribution in [3.8, 4) is 0 Å². The lowest BCUT2D eigenvalue weighted by Crippen LogP contribution is -2.16. The van der Waals surface area contributed by atoms with Crippen LogP contribution in [0.25, 0.3) is 0 Å². The first-order valence-corrected chi connectivity index (χ1v) is 5.90. The van der Waals surface area contributed by atoms with Crippen LogP contribution in [0.3, 0.4) is 0 Å². The quantitative estimate of drug-likeness (QED) is 0.508. The van der Waals surface area contributed by atoms with Crippen LogP contribution in [0.4, 0.5) is 10.1 Å². The molecular weight excluding hydrogens is 305 g/mol. The highest BCUT2D eigenvalue weighted by molar-refractivity contribution is 6.33. The predicted octanol–water partition coefficient (Wildman–Crippen LogP) is 1.93. The van der Waals surface area contributed by atoms with Crippen molar-refractivity contribution in [3.63, 3.8) is 0 Å². The zero-order valence-corrected chi connectivity index (χ0v) is 11.9. The molecule has 0 saturated carbocycles. The van der Waals surface area contributed by atoms with Crippen LogP contribution in [0.2, 0.25) is 5.02 Å². The average Bonchev–Trinajstić information content (AvgIpc) is 2.50. The van der Waals surface area contributed by atoms with Gasteiger partial charge in [-0.2, -0.15) is 0 Å². The summed E-state index contributed by atoms with van der Waals surface area (Å²) in [5.74, 6) is -2.68. The molecular formula is C13H11ClFNO5. The topological polar surface area (TPSA) is 81.7 Å². The number of esters is 2. The van der Waals surface area contributed by atoms with Gasteiger partial charge in [0.2, 0.25) is 0 Å². The molecule has 0 saturated heterocycles. The summed E-state index contributed by atoms with van der Waals surface area (Å²) in [4.78, 5) is 33.3. The smallest absolute Gasteiger partial charge is 0.354 e. The first kappa shape index (κ1) is 16.6. The van der Waals surface area contributed by atoms with E-state index in [4.69, 9.17) is 11.6 Å². The van der Waals surface area contributed by atoms with Gasteiger partial charge in [0, 0.05) is 5.56 Å². The lowest BCUT2D eigenvalue weighted by Gasteiger charge is -2.11. The van der Waals surface area contributed by atoms with Crippen molar-refractivity contribution in [2.24, 2.45) is 0 Å². The summed E-state index contributed by atoms with van der Waals surface area (Å²) in [5.41, 5.74) is -0.597. The van der Waals surface area contributed by atoms with E-state index in [-0.39, 0.29) is 16.9 Å². The molecule has 0 aliphatic rings. The largest absolute Gasteiger partial charge is 0.466 e. The molecule has 0 aliphatic carbocycles. The van der Waals surface area contributed by atoms with E-state index in [2.05, 4.69) is 14.8 Å². The molecule has 6 nitrogen and oxygen atoms in total. The first-order chi connectivity index (χ1) is 9.94. The van der Waals surface area contributed by atoms with Gasteiger partial charge in [-0.25, -0.2) is 14.0 Å². The molecule has 0 spiro atoms. The molecule has 1 aromatic rings. The third-order valence-electron chi connectivity index (χ3n) is 2.38. The Morgan fingerprint density at radius 1 is 1.29 bits per heavy atom. The number of hydrogen-bond donors (Lipinski definition) is 1. The van der Waals surface area contributed by atoms with Crippen LogP contribution in [-0.4, -0.2) is 32.4 Å². The highest BCUT2D eigenvalue weighted by atomic mass is 35.5. The number of halogens is 2.